The van der Waals surface area contributed by atoms with E-state index in [1.807, 2.05) is 6.92 Å². The molecule has 2 nitrogen and oxygen atoms in total. The van der Waals surface area contributed by atoms with E-state index in [1.54, 1.807) is 0 Å². The molecule has 0 aromatic rings. The smallest absolute Gasteiger partial charge is 0.0639 e. The summed E-state index contributed by atoms with van der Waals surface area (Å²) < 4.78 is 0. The summed E-state index contributed by atoms with van der Waals surface area (Å²) >= 11 is 0. The molecule has 12 heavy (non-hydrogen) atoms. The Bertz CT molecular complexity index is 146. The van der Waals surface area contributed by atoms with Crippen LogP contribution in [-0.4, -0.2) is 35.7 Å². The SMILES string of the molecule is C[C@@H](O)CN1CC2CCCC2C1. The lowest BCUT2D eigenvalue weighted by Gasteiger charge is -2.17. The highest BCUT2D eigenvalue weighted by atomic mass is 16.3. The fourth-order valence-corrected chi connectivity index (χ4v) is 2.85. The lowest BCUT2D eigenvalue weighted by Crippen LogP contribution is -2.29. The Labute approximate surface area is 74.6 Å². The van der Waals surface area contributed by atoms with Crippen molar-refractivity contribution in [2.45, 2.75) is 32.3 Å². The van der Waals surface area contributed by atoms with Crippen LogP contribution in [0.1, 0.15) is 26.2 Å². The zero-order chi connectivity index (χ0) is 8.55. The molecule has 2 heteroatoms. The summed E-state index contributed by atoms with van der Waals surface area (Å²) in [6, 6.07) is 0. The average Bonchev–Trinajstić information content (AvgIpc) is 2.43. The van der Waals surface area contributed by atoms with Crippen molar-refractivity contribution in [1.29, 1.82) is 0 Å². The molecule has 2 unspecified atom stereocenters. The van der Waals surface area contributed by atoms with Gasteiger partial charge in [-0.3, -0.25) is 0 Å². The second-order valence-electron chi connectivity index (χ2n) is 4.52. The predicted molar refractivity (Wildman–Crippen MR) is 49.0 cm³/mol. The highest BCUT2D eigenvalue weighted by Gasteiger charge is 2.35. The molecule has 1 saturated heterocycles. The lowest BCUT2D eigenvalue weighted by atomic mass is 10.0. The van der Waals surface area contributed by atoms with Gasteiger partial charge in [0.25, 0.3) is 0 Å². The maximum atomic E-state index is 9.23. The van der Waals surface area contributed by atoms with Crippen molar-refractivity contribution in [3.05, 3.63) is 0 Å². The molecule has 1 aliphatic carbocycles. The van der Waals surface area contributed by atoms with Gasteiger partial charge in [0.15, 0.2) is 0 Å². The molecule has 1 saturated carbocycles. The second-order valence-corrected chi connectivity index (χ2v) is 4.52. The normalized spacial score (nSPS) is 38.5. The van der Waals surface area contributed by atoms with Crippen LogP contribution in [-0.2, 0) is 0 Å². The zero-order valence-electron chi connectivity index (χ0n) is 7.87. The minimum atomic E-state index is -0.149. The van der Waals surface area contributed by atoms with Crippen LogP contribution in [0, 0.1) is 11.8 Å². The predicted octanol–water partition coefficient (Wildman–Crippen LogP) is 1.10. The first-order chi connectivity index (χ1) is 5.75. The van der Waals surface area contributed by atoms with Crippen molar-refractivity contribution >= 4 is 0 Å². The van der Waals surface area contributed by atoms with Gasteiger partial charge in [-0.1, -0.05) is 6.42 Å². The first-order valence-corrected chi connectivity index (χ1v) is 5.16. The minimum Gasteiger partial charge on any atom is -0.392 e. The van der Waals surface area contributed by atoms with E-state index >= 15 is 0 Å². The van der Waals surface area contributed by atoms with Crippen LogP contribution in [0.4, 0.5) is 0 Å². The number of fused-ring (bicyclic) bond motifs is 1. The number of likely N-dealkylation sites (tertiary alicyclic amines) is 1. The van der Waals surface area contributed by atoms with Gasteiger partial charge in [-0.15, -0.1) is 0 Å². The van der Waals surface area contributed by atoms with Crippen LogP contribution >= 0.6 is 0 Å². The van der Waals surface area contributed by atoms with Crippen molar-refractivity contribution in [2.24, 2.45) is 11.8 Å². The fourth-order valence-electron chi connectivity index (χ4n) is 2.85. The Kier molecular flexibility index (Phi) is 2.37. The molecule has 1 N–H and O–H groups in total. The summed E-state index contributed by atoms with van der Waals surface area (Å²) in [6.45, 7) is 5.26. The molecular weight excluding hydrogens is 150 g/mol. The average molecular weight is 169 g/mol. The highest BCUT2D eigenvalue weighted by Crippen LogP contribution is 2.37. The molecule has 70 valence electrons. The third-order valence-electron chi connectivity index (χ3n) is 3.32. The van der Waals surface area contributed by atoms with Gasteiger partial charge in [-0.05, 0) is 31.6 Å². The molecule has 1 aliphatic heterocycles. The zero-order valence-corrected chi connectivity index (χ0v) is 7.87. The molecule has 0 aromatic carbocycles. The van der Waals surface area contributed by atoms with Gasteiger partial charge in [0.1, 0.15) is 0 Å². The van der Waals surface area contributed by atoms with Crippen molar-refractivity contribution in [1.82, 2.24) is 4.90 Å². The van der Waals surface area contributed by atoms with Crippen LogP contribution in [0.2, 0.25) is 0 Å². The molecule has 3 atom stereocenters. The summed E-state index contributed by atoms with van der Waals surface area (Å²) in [4.78, 5) is 2.43. The van der Waals surface area contributed by atoms with Crippen LogP contribution < -0.4 is 0 Å². The van der Waals surface area contributed by atoms with E-state index in [0.29, 0.717) is 0 Å². The van der Waals surface area contributed by atoms with Gasteiger partial charge in [0.2, 0.25) is 0 Å². The van der Waals surface area contributed by atoms with Gasteiger partial charge in [0.05, 0.1) is 6.10 Å². The van der Waals surface area contributed by atoms with Crippen molar-refractivity contribution in [2.75, 3.05) is 19.6 Å². The summed E-state index contributed by atoms with van der Waals surface area (Å²) in [5.74, 6) is 1.92. The van der Waals surface area contributed by atoms with Gasteiger partial charge in [-0.2, -0.15) is 0 Å². The Hall–Kier alpha value is -0.0800. The van der Waals surface area contributed by atoms with E-state index < -0.39 is 0 Å². The Morgan fingerprint density at radius 1 is 1.33 bits per heavy atom. The summed E-state index contributed by atoms with van der Waals surface area (Å²) in [5.41, 5.74) is 0. The molecule has 0 amide bonds. The van der Waals surface area contributed by atoms with Gasteiger partial charge >= 0.3 is 0 Å². The number of aliphatic hydroxyl groups excluding tert-OH is 1. The first-order valence-electron chi connectivity index (χ1n) is 5.16. The number of nitrogens with zero attached hydrogens (tertiary/aromatic N) is 1. The summed E-state index contributed by atoms with van der Waals surface area (Å²) in [6.07, 6.45) is 4.16. The molecule has 0 aromatic heterocycles. The molecule has 0 spiro atoms. The number of rotatable bonds is 2. The summed E-state index contributed by atoms with van der Waals surface area (Å²) in [5, 5.41) is 9.23. The topological polar surface area (TPSA) is 23.5 Å². The van der Waals surface area contributed by atoms with E-state index in [0.717, 1.165) is 18.4 Å². The van der Waals surface area contributed by atoms with Gasteiger partial charge < -0.3 is 10.0 Å². The summed E-state index contributed by atoms with van der Waals surface area (Å²) in [7, 11) is 0. The Morgan fingerprint density at radius 2 is 1.92 bits per heavy atom. The van der Waals surface area contributed by atoms with E-state index in [9.17, 15) is 5.11 Å². The van der Waals surface area contributed by atoms with E-state index in [1.165, 1.54) is 32.4 Å². The molecule has 0 bridgehead atoms. The highest BCUT2D eigenvalue weighted by molar-refractivity contribution is 4.88. The molecule has 0 radical (unpaired) electrons. The Balaban J connectivity index is 1.82. The van der Waals surface area contributed by atoms with Crippen LogP contribution in [0.5, 0.6) is 0 Å². The van der Waals surface area contributed by atoms with E-state index in [4.69, 9.17) is 0 Å². The number of aliphatic hydroxyl groups is 1. The quantitative estimate of drug-likeness (QED) is 0.669. The number of hydrogen-bond donors (Lipinski definition) is 1. The van der Waals surface area contributed by atoms with Crippen LogP contribution in [0.3, 0.4) is 0 Å². The van der Waals surface area contributed by atoms with E-state index in [-0.39, 0.29) is 6.10 Å². The van der Waals surface area contributed by atoms with Crippen molar-refractivity contribution < 1.29 is 5.11 Å². The molecular formula is C10H19NO. The monoisotopic (exact) mass is 169 g/mol. The maximum Gasteiger partial charge on any atom is 0.0639 e. The lowest BCUT2D eigenvalue weighted by molar-refractivity contribution is 0.136. The third kappa shape index (κ3) is 1.64. The fraction of sp³-hybridized carbons (Fsp3) is 1.00. The first kappa shape index (κ1) is 8.52. The molecule has 2 aliphatic rings. The van der Waals surface area contributed by atoms with Crippen LogP contribution in [0.15, 0.2) is 0 Å². The third-order valence-corrected chi connectivity index (χ3v) is 3.32. The van der Waals surface area contributed by atoms with Crippen molar-refractivity contribution in [3.63, 3.8) is 0 Å². The standard InChI is InChI=1S/C10H19NO/c1-8(12)5-11-6-9-3-2-4-10(9)7-11/h8-10,12H,2-7H2,1H3/t8-,9?,10?/m1/s1. The Morgan fingerprint density at radius 3 is 2.42 bits per heavy atom. The molecule has 2 fully saturated rings. The van der Waals surface area contributed by atoms with Gasteiger partial charge in [-0.25, -0.2) is 0 Å². The second kappa shape index (κ2) is 3.35. The minimum absolute atomic E-state index is 0.149. The number of β-amino-alcohol motifs (C(OH)–C–C–N with tert-alkyl or cyclic N) is 1. The van der Waals surface area contributed by atoms with Crippen molar-refractivity contribution in [3.8, 4) is 0 Å². The largest absolute Gasteiger partial charge is 0.392 e. The molecule has 2 rings (SSSR count). The van der Waals surface area contributed by atoms with E-state index in [2.05, 4.69) is 4.90 Å². The van der Waals surface area contributed by atoms with Gasteiger partial charge in [0, 0.05) is 19.6 Å². The van der Waals surface area contributed by atoms with Crippen LogP contribution in [0.25, 0.3) is 0 Å². The number of hydrogen-bond acceptors (Lipinski definition) is 2. The molecule has 1 heterocycles. The maximum absolute atomic E-state index is 9.23.